The van der Waals surface area contributed by atoms with Gasteiger partial charge < -0.3 is 15.2 Å². The third-order valence-corrected chi connectivity index (χ3v) is 6.64. The first-order chi connectivity index (χ1) is 17.1. The van der Waals surface area contributed by atoms with E-state index in [0.29, 0.717) is 27.8 Å². The number of aryl methyl sites for hydroxylation is 1. The fraction of sp³-hybridized carbons (Fsp3) is 0.0800. The number of benzene rings is 4. The number of rotatable bonds is 6. The van der Waals surface area contributed by atoms with Gasteiger partial charge in [0.25, 0.3) is 16.0 Å². The number of anilines is 1. The molecule has 0 aliphatic carbocycles. The third kappa shape index (κ3) is 6.12. The van der Waals surface area contributed by atoms with E-state index in [2.05, 4.69) is 15.5 Å². The first-order valence-corrected chi connectivity index (χ1v) is 12.3. The number of azo groups is 1. The molecule has 0 aliphatic heterocycles. The Hall–Kier alpha value is -2.99. The summed E-state index contributed by atoms with van der Waals surface area (Å²) in [5.41, 5.74) is 0.264. The molecule has 0 unspecified atom stereocenters. The van der Waals surface area contributed by atoms with Crippen molar-refractivity contribution in [2.75, 3.05) is 12.4 Å². The van der Waals surface area contributed by atoms with Crippen molar-refractivity contribution < 1.29 is 57.2 Å². The first-order valence-electron chi connectivity index (χ1n) is 10.5. The van der Waals surface area contributed by atoms with E-state index < -0.39 is 26.7 Å². The monoisotopic (exact) mass is 547 g/mol. The number of nitrogens with zero attached hydrogens (tertiary/aromatic N) is 2. The number of fused-ring (bicyclic) bond motifs is 1. The topological polar surface area (TPSA) is 140 Å². The maximum atomic E-state index is 13.4. The number of methoxy groups -OCH3 is 1. The van der Waals surface area contributed by atoms with Crippen LogP contribution < -0.4 is 44.7 Å². The van der Waals surface area contributed by atoms with E-state index in [4.69, 9.17) is 16.3 Å². The van der Waals surface area contributed by atoms with E-state index in [9.17, 15) is 22.9 Å². The number of carbonyl (C=O) groups excluding carboxylic acids is 1. The van der Waals surface area contributed by atoms with Crippen molar-refractivity contribution in [1.29, 1.82) is 0 Å². The van der Waals surface area contributed by atoms with Gasteiger partial charge in [-0.05, 0) is 48.2 Å². The predicted molar refractivity (Wildman–Crippen MR) is 135 cm³/mol. The molecule has 0 aliphatic rings. The average molecular weight is 548 g/mol. The Morgan fingerprint density at radius 2 is 1.73 bits per heavy atom. The molecule has 0 saturated heterocycles. The van der Waals surface area contributed by atoms with Crippen LogP contribution in [0.3, 0.4) is 0 Å². The molecule has 0 aromatic heterocycles. The molecule has 0 saturated carbocycles. The zero-order chi connectivity index (χ0) is 26.0. The van der Waals surface area contributed by atoms with Gasteiger partial charge in [0.15, 0.2) is 0 Å². The second-order valence-corrected chi connectivity index (χ2v) is 9.52. The number of para-hydroxylation sites is 2. The van der Waals surface area contributed by atoms with Crippen LogP contribution in [0.15, 0.2) is 81.9 Å². The molecule has 9 nitrogen and oxygen atoms in total. The van der Waals surface area contributed by atoms with Crippen molar-refractivity contribution in [1.82, 2.24) is 0 Å². The van der Waals surface area contributed by atoms with E-state index in [0.717, 1.165) is 6.07 Å². The average Bonchev–Trinajstić information content (AvgIpc) is 2.84. The van der Waals surface area contributed by atoms with Crippen molar-refractivity contribution >= 4 is 55.5 Å². The number of hydrogen-bond acceptors (Lipinski definition) is 7. The van der Waals surface area contributed by atoms with E-state index in [1.54, 1.807) is 55.5 Å². The summed E-state index contributed by atoms with van der Waals surface area (Å²) in [6.45, 7) is 1.62. The minimum Gasteiger partial charge on any atom is -0.870 e. The molecular formula is C25H19ClN3NaO6S. The maximum Gasteiger partial charge on any atom is 1.00 e. The van der Waals surface area contributed by atoms with Crippen LogP contribution in [0.4, 0.5) is 17.1 Å². The molecule has 0 fully saturated rings. The molecule has 4 aromatic carbocycles. The maximum absolute atomic E-state index is 13.4. The number of nitrogens with one attached hydrogen (secondary N) is 1. The van der Waals surface area contributed by atoms with Gasteiger partial charge in [0.05, 0.1) is 18.5 Å². The van der Waals surface area contributed by atoms with Gasteiger partial charge in [0, 0.05) is 16.0 Å². The second kappa shape index (κ2) is 11.6. The fourth-order valence-electron chi connectivity index (χ4n) is 3.55. The molecule has 0 heterocycles. The van der Waals surface area contributed by atoms with Crippen molar-refractivity contribution in [3.8, 4) is 11.5 Å². The molecule has 0 atom stereocenters. The molecule has 1 amide bonds. The van der Waals surface area contributed by atoms with E-state index in [1.165, 1.54) is 19.2 Å². The molecule has 2 N–H and O–H groups in total. The SMILES string of the molecule is COc1ccccc1NC(=O)c1cc2ccccc2c(N=Nc2cc(C)c(Cl)cc2S(=O)(=O)O)c1[O-].[Na+]. The van der Waals surface area contributed by atoms with Gasteiger partial charge in [-0.1, -0.05) is 53.7 Å². The van der Waals surface area contributed by atoms with Gasteiger partial charge >= 0.3 is 29.6 Å². The number of halogens is 1. The molecular weight excluding hydrogens is 529 g/mol. The Morgan fingerprint density at radius 1 is 1.05 bits per heavy atom. The van der Waals surface area contributed by atoms with Crippen LogP contribution in [-0.4, -0.2) is 26.0 Å². The normalized spacial score (nSPS) is 11.4. The summed E-state index contributed by atoms with van der Waals surface area (Å²) in [6, 6.07) is 17.3. The van der Waals surface area contributed by atoms with Gasteiger partial charge in [-0.25, -0.2) is 0 Å². The molecule has 184 valence electrons. The number of amides is 1. The summed E-state index contributed by atoms with van der Waals surface area (Å²) in [5.74, 6) is -0.994. The van der Waals surface area contributed by atoms with Gasteiger partial charge in [0.1, 0.15) is 16.3 Å². The Labute approximate surface area is 240 Å². The zero-order valence-corrected chi connectivity index (χ0v) is 23.6. The van der Waals surface area contributed by atoms with Crippen LogP contribution in [0.5, 0.6) is 11.5 Å². The number of carbonyl (C=O) groups is 1. The van der Waals surface area contributed by atoms with Gasteiger partial charge in [-0.15, -0.1) is 5.11 Å². The number of ether oxygens (including phenoxy) is 1. The molecule has 0 spiro atoms. The molecule has 0 radical (unpaired) electrons. The largest absolute Gasteiger partial charge is 1.00 e. The van der Waals surface area contributed by atoms with Crippen LogP contribution in [0.25, 0.3) is 10.8 Å². The molecule has 37 heavy (non-hydrogen) atoms. The number of hydrogen-bond donors (Lipinski definition) is 2. The molecule has 4 aromatic rings. The van der Waals surface area contributed by atoms with Gasteiger partial charge in [-0.3, -0.25) is 9.35 Å². The molecule has 0 bridgehead atoms. The van der Waals surface area contributed by atoms with E-state index >= 15 is 0 Å². The Bertz CT molecular complexity index is 1640. The van der Waals surface area contributed by atoms with Crippen LogP contribution in [0, 0.1) is 6.92 Å². The molecule has 4 rings (SSSR count). The first kappa shape index (κ1) is 28.6. The smallest absolute Gasteiger partial charge is 0.870 e. The van der Waals surface area contributed by atoms with Crippen LogP contribution in [-0.2, 0) is 10.1 Å². The minimum atomic E-state index is -4.68. The quantitative estimate of drug-likeness (QED) is 0.216. The standard InChI is InChI=1S/C25H20ClN3O6S.Na/c1-14-11-20(22(13-18(14)26)36(32,33)34)28-29-23-16-8-4-3-7-15(16)12-17(24(23)30)25(31)27-19-9-5-6-10-21(19)35-2;/h3-13,30H,1-2H3,(H,27,31)(H,32,33,34);/q;+1/p-1. The second-order valence-electron chi connectivity index (χ2n) is 7.72. The van der Waals surface area contributed by atoms with Crippen molar-refractivity contribution in [2.45, 2.75) is 11.8 Å². The Balaban J connectivity index is 0.00000380. The minimum absolute atomic E-state index is 0. The van der Waals surface area contributed by atoms with Crippen molar-refractivity contribution in [3.63, 3.8) is 0 Å². The molecule has 12 heteroatoms. The van der Waals surface area contributed by atoms with E-state index in [1.807, 2.05) is 0 Å². The summed E-state index contributed by atoms with van der Waals surface area (Å²) < 4.78 is 38.5. The van der Waals surface area contributed by atoms with Crippen molar-refractivity contribution in [3.05, 3.63) is 82.9 Å². The Morgan fingerprint density at radius 3 is 2.43 bits per heavy atom. The summed E-state index contributed by atoms with van der Waals surface area (Å²) in [6.07, 6.45) is 0. The summed E-state index contributed by atoms with van der Waals surface area (Å²) in [5, 5.41) is 25.0. The van der Waals surface area contributed by atoms with Crippen molar-refractivity contribution in [2.24, 2.45) is 10.2 Å². The van der Waals surface area contributed by atoms with Crippen LogP contribution >= 0.6 is 11.6 Å². The Kier molecular flexibility index (Phi) is 8.96. The fourth-order valence-corrected chi connectivity index (χ4v) is 4.41. The zero-order valence-electron chi connectivity index (χ0n) is 20.0. The summed E-state index contributed by atoms with van der Waals surface area (Å²) >= 11 is 6.00. The summed E-state index contributed by atoms with van der Waals surface area (Å²) in [4.78, 5) is 12.5. The third-order valence-electron chi connectivity index (χ3n) is 5.35. The van der Waals surface area contributed by atoms with Gasteiger partial charge in [0.2, 0.25) is 0 Å². The van der Waals surface area contributed by atoms with Crippen LogP contribution in [0.1, 0.15) is 15.9 Å². The van der Waals surface area contributed by atoms with E-state index in [-0.39, 0.29) is 51.5 Å². The predicted octanol–water partition coefficient (Wildman–Crippen LogP) is 2.80. The van der Waals surface area contributed by atoms with Crippen LogP contribution in [0.2, 0.25) is 5.02 Å². The van der Waals surface area contributed by atoms with Gasteiger partial charge in [-0.2, -0.15) is 13.5 Å². The summed E-state index contributed by atoms with van der Waals surface area (Å²) in [7, 11) is -3.23.